The van der Waals surface area contributed by atoms with E-state index in [4.69, 9.17) is 16.3 Å². The van der Waals surface area contributed by atoms with E-state index in [1.807, 2.05) is 25.1 Å². The van der Waals surface area contributed by atoms with Gasteiger partial charge in [-0.05, 0) is 74.9 Å². The number of piperidine rings is 1. The molecule has 1 amide bonds. The first-order valence-corrected chi connectivity index (χ1v) is 9.30. The van der Waals surface area contributed by atoms with E-state index in [2.05, 4.69) is 17.6 Å². The first-order chi connectivity index (χ1) is 11.6. The molecule has 1 saturated heterocycles. The fourth-order valence-electron chi connectivity index (χ4n) is 3.15. The summed E-state index contributed by atoms with van der Waals surface area (Å²) in [6, 6.07) is 5.60. The molecule has 1 aromatic carbocycles. The molecule has 0 radical (unpaired) electrons. The van der Waals surface area contributed by atoms with Gasteiger partial charge in [0.2, 0.25) is 5.91 Å². The van der Waals surface area contributed by atoms with Gasteiger partial charge in [-0.15, -0.1) is 0 Å². The summed E-state index contributed by atoms with van der Waals surface area (Å²) in [6.45, 7) is 7.56. The Morgan fingerprint density at radius 1 is 1.50 bits per heavy atom. The minimum Gasteiger partial charge on any atom is -0.493 e. The van der Waals surface area contributed by atoms with Gasteiger partial charge in [0.25, 0.3) is 0 Å². The Labute approximate surface area is 150 Å². The van der Waals surface area contributed by atoms with E-state index >= 15 is 0 Å². The number of carbonyl (C=O) groups excluding carboxylic acids is 1. The normalized spacial score (nSPS) is 18.9. The van der Waals surface area contributed by atoms with E-state index in [-0.39, 0.29) is 5.91 Å². The van der Waals surface area contributed by atoms with Gasteiger partial charge >= 0.3 is 0 Å². The molecule has 24 heavy (non-hydrogen) atoms. The second kappa shape index (κ2) is 9.90. The third-order valence-electron chi connectivity index (χ3n) is 4.68. The molecule has 2 N–H and O–H groups in total. The minimum atomic E-state index is 0.149. The summed E-state index contributed by atoms with van der Waals surface area (Å²) in [5.74, 6) is 2.06. The van der Waals surface area contributed by atoms with Crippen molar-refractivity contribution in [3.63, 3.8) is 0 Å². The summed E-state index contributed by atoms with van der Waals surface area (Å²) >= 11 is 5.93. The van der Waals surface area contributed by atoms with Gasteiger partial charge < -0.3 is 15.4 Å². The van der Waals surface area contributed by atoms with E-state index in [0.717, 1.165) is 35.8 Å². The minimum absolute atomic E-state index is 0.149. The predicted molar refractivity (Wildman–Crippen MR) is 98.7 cm³/mol. The lowest BCUT2D eigenvalue weighted by Gasteiger charge is -2.28. The Morgan fingerprint density at radius 3 is 3.04 bits per heavy atom. The van der Waals surface area contributed by atoms with Crippen molar-refractivity contribution < 1.29 is 9.53 Å². The molecular weight excluding hydrogens is 324 g/mol. The molecule has 2 atom stereocenters. The van der Waals surface area contributed by atoms with E-state index in [1.54, 1.807) is 0 Å². The van der Waals surface area contributed by atoms with E-state index in [9.17, 15) is 4.79 Å². The molecule has 4 nitrogen and oxygen atoms in total. The van der Waals surface area contributed by atoms with Crippen LogP contribution in [-0.4, -0.2) is 32.1 Å². The number of carbonyl (C=O) groups is 1. The van der Waals surface area contributed by atoms with Gasteiger partial charge in [0.1, 0.15) is 5.75 Å². The molecule has 2 rings (SSSR count). The number of aryl methyl sites for hydroxylation is 1. The lowest BCUT2D eigenvalue weighted by atomic mass is 9.85. The average molecular weight is 353 g/mol. The Morgan fingerprint density at radius 2 is 2.33 bits per heavy atom. The van der Waals surface area contributed by atoms with Crippen LogP contribution >= 0.6 is 11.6 Å². The molecule has 1 heterocycles. The summed E-state index contributed by atoms with van der Waals surface area (Å²) in [6.07, 6.45) is 3.87. The number of ether oxygens (including phenoxy) is 1. The number of benzene rings is 1. The topological polar surface area (TPSA) is 50.4 Å². The zero-order chi connectivity index (χ0) is 17.4. The Balaban J connectivity index is 1.58. The first kappa shape index (κ1) is 19.1. The van der Waals surface area contributed by atoms with Crippen LogP contribution in [-0.2, 0) is 4.79 Å². The quantitative estimate of drug-likeness (QED) is 0.703. The van der Waals surface area contributed by atoms with Crippen LogP contribution in [0.5, 0.6) is 5.75 Å². The van der Waals surface area contributed by atoms with Crippen molar-refractivity contribution >= 4 is 17.5 Å². The molecule has 1 aliphatic rings. The zero-order valence-corrected chi connectivity index (χ0v) is 15.5. The zero-order valence-electron chi connectivity index (χ0n) is 14.7. The van der Waals surface area contributed by atoms with Crippen LogP contribution in [0.1, 0.15) is 38.2 Å². The third kappa shape index (κ3) is 6.33. The molecule has 1 aromatic rings. The summed E-state index contributed by atoms with van der Waals surface area (Å²) in [7, 11) is 0. The number of nitrogens with one attached hydrogen (secondary N) is 2. The molecule has 1 aliphatic heterocycles. The summed E-state index contributed by atoms with van der Waals surface area (Å²) < 4.78 is 5.73. The van der Waals surface area contributed by atoms with Crippen molar-refractivity contribution in [3.8, 4) is 5.75 Å². The lowest BCUT2D eigenvalue weighted by Crippen LogP contribution is -2.35. The van der Waals surface area contributed by atoms with Crippen molar-refractivity contribution in [1.82, 2.24) is 10.6 Å². The van der Waals surface area contributed by atoms with Crippen molar-refractivity contribution in [2.75, 3.05) is 26.2 Å². The highest BCUT2D eigenvalue weighted by Crippen LogP contribution is 2.23. The molecule has 1 fully saturated rings. The lowest BCUT2D eigenvalue weighted by molar-refractivity contribution is -0.122. The number of hydrogen-bond donors (Lipinski definition) is 2. The van der Waals surface area contributed by atoms with Crippen LogP contribution in [0.3, 0.4) is 0 Å². The molecule has 0 aliphatic carbocycles. The van der Waals surface area contributed by atoms with Crippen LogP contribution in [0, 0.1) is 18.8 Å². The maximum absolute atomic E-state index is 12.0. The van der Waals surface area contributed by atoms with Crippen molar-refractivity contribution in [1.29, 1.82) is 0 Å². The maximum Gasteiger partial charge on any atom is 0.220 e. The van der Waals surface area contributed by atoms with Crippen molar-refractivity contribution in [2.45, 2.75) is 39.5 Å². The van der Waals surface area contributed by atoms with Gasteiger partial charge in [-0.3, -0.25) is 4.79 Å². The standard InChI is InChI=1S/C19H29ClN2O2/c1-14(16-5-3-8-21-13-16)12-19(23)22-9-4-10-24-18-7-6-17(20)11-15(18)2/h6-7,11,14,16,21H,3-5,8-10,12-13H2,1-2H3,(H,22,23). The molecule has 134 valence electrons. The highest BCUT2D eigenvalue weighted by Gasteiger charge is 2.21. The van der Waals surface area contributed by atoms with Gasteiger partial charge in [-0.2, -0.15) is 0 Å². The van der Waals surface area contributed by atoms with Crippen LogP contribution < -0.4 is 15.4 Å². The van der Waals surface area contributed by atoms with Crippen LogP contribution in [0.4, 0.5) is 0 Å². The Bertz CT molecular complexity index is 530. The van der Waals surface area contributed by atoms with Crippen LogP contribution in [0.15, 0.2) is 18.2 Å². The van der Waals surface area contributed by atoms with Crippen LogP contribution in [0.2, 0.25) is 5.02 Å². The van der Waals surface area contributed by atoms with E-state index in [0.29, 0.717) is 31.4 Å². The van der Waals surface area contributed by atoms with Gasteiger partial charge in [0.15, 0.2) is 0 Å². The largest absolute Gasteiger partial charge is 0.493 e. The molecule has 2 unspecified atom stereocenters. The molecular formula is C19H29ClN2O2. The van der Waals surface area contributed by atoms with Crippen molar-refractivity contribution in [3.05, 3.63) is 28.8 Å². The molecule has 0 spiro atoms. The average Bonchev–Trinajstić information content (AvgIpc) is 2.57. The van der Waals surface area contributed by atoms with E-state index in [1.165, 1.54) is 12.8 Å². The number of amides is 1. The Hall–Kier alpha value is -1.26. The molecule has 0 saturated carbocycles. The van der Waals surface area contributed by atoms with Crippen LogP contribution in [0.25, 0.3) is 0 Å². The second-order valence-electron chi connectivity index (χ2n) is 6.75. The van der Waals surface area contributed by atoms with Gasteiger partial charge in [-0.25, -0.2) is 0 Å². The SMILES string of the molecule is Cc1cc(Cl)ccc1OCCCNC(=O)CC(C)C1CCCNC1. The van der Waals surface area contributed by atoms with E-state index < -0.39 is 0 Å². The maximum atomic E-state index is 12.0. The number of halogens is 1. The molecule has 0 bridgehead atoms. The molecule has 0 aromatic heterocycles. The Kier molecular flexibility index (Phi) is 7.86. The van der Waals surface area contributed by atoms with Gasteiger partial charge in [0, 0.05) is 18.0 Å². The number of hydrogen-bond acceptors (Lipinski definition) is 3. The predicted octanol–water partition coefficient (Wildman–Crippen LogP) is 3.56. The van der Waals surface area contributed by atoms with Gasteiger partial charge in [0.05, 0.1) is 6.61 Å². The third-order valence-corrected chi connectivity index (χ3v) is 4.92. The van der Waals surface area contributed by atoms with Gasteiger partial charge in [-0.1, -0.05) is 18.5 Å². The number of rotatable bonds is 8. The second-order valence-corrected chi connectivity index (χ2v) is 7.19. The fourth-order valence-corrected chi connectivity index (χ4v) is 3.38. The summed E-state index contributed by atoms with van der Waals surface area (Å²) in [5.41, 5.74) is 1.03. The van der Waals surface area contributed by atoms with Crippen molar-refractivity contribution in [2.24, 2.45) is 11.8 Å². The summed E-state index contributed by atoms with van der Waals surface area (Å²) in [4.78, 5) is 12.0. The smallest absolute Gasteiger partial charge is 0.220 e. The first-order valence-electron chi connectivity index (χ1n) is 8.92. The molecule has 5 heteroatoms. The summed E-state index contributed by atoms with van der Waals surface area (Å²) in [5, 5.41) is 7.14. The highest BCUT2D eigenvalue weighted by molar-refractivity contribution is 6.30. The fraction of sp³-hybridized carbons (Fsp3) is 0.632. The monoisotopic (exact) mass is 352 g/mol. The highest BCUT2D eigenvalue weighted by atomic mass is 35.5.